The number of carbonyl (C=O) groups excluding carboxylic acids is 2. The van der Waals surface area contributed by atoms with Crippen LogP contribution in [0, 0.1) is 0 Å². The highest BCUT2D eigenvalue weighted by atomic mass is 16.5. The number of benzene rings is 1. The monoisotopic (exact) mass is 334 g/mol. The topological polar surface area (TPSA) is 52.6 Å². The number of methoxy groups -OCH3 is 2. The van der Waals surface area contributed by atoms with Gasteiger partial charge in [0.15, 0.2) is 0 Å². The van der Waals surface area contributed by atoms with E-state index >= 15 is 0 Å². The molecule has 0 saturated heterocycles. The van der Waals surface area contributed by atoms with E-state index in [1.807, 2.05) is 0 Å². The Balaban J connectivity index is 2.18. The molecular weight excluding hydrogens is 304 g/mol. The molecule has 0 aliphatic carbocycles. The predicted molar refractivity (Wildman–Crippen MR) is 94.8 cm³/mol. The van der Waals surface area contributed by atoms with Crippen LogP contribution in [0.5, 0.6) is 0 Å². The predicted octanol–water partition coefficient (Wildman–Crippen LogP) is 4.24. The Bertz CT molecular complexity index is 455. The van der Waals surface area contributed by atoms with Gasteiger partial charge in [-0.3, -0.25) is 9.59 Å². The second-order valence-corrected chi connectivity index (χ2v) is 6.09. The number of hydrogen-bond donors (Lipinski definition) is 0. The van der Waals surface area contributed by atoms with Crippen LogP contribution in [0.3, 0.4) is 0 Å². The lowest BCUT2D eigenvalue weighted by Gasteiger charge is -2.06. The summed E-state index contributed by atoms with van der Waals surface area (Å²) in [6.07, 6.45) is 9.22. The van der Waals surface area contributed by atoms with Crippen molar-refractivity contribution >= 4 is 11.9 Å². The van der Waals surface area contributed by atoms with Crippen LogP contribution in [0.2, 0.25) is 0 Å². The summed E-state index contributed by atoms with van der Waals surface area (Å²) in [5.74, 6) is -0.242. The third-order valence-electron chi connectivity index (χ3n) is 4.14. The highest BCUT2D eigenvalue weighted by Crippen LogP contribution is 2.13. The zero-order valence-corrected chi connectivity index (χ0v) is 15.0. The van der Waals surface area contributed by atoms with Gasteiger partial charge >= 0.3 is 11.9 Å². The van der Waals surface area contributed by atoms with Crippen LogP contribution in [-0.4, -0.2) is 26.2 Å². The van der Waals surface area contributed by atoms with Crippen LogP contribution in [0.1, 0.15) is 62.5 Å². The molecule has 0 aromatic heterocycles. The summed E-state index contributed by atoms with van der Waals surface area (Å²) in [7, 11) is 2.87. The zero-order chi connectivity index (χ0) is 17.6. The zero-order valence-electron chi connectivity index (χ0n) is 15.0. The molecule has 0 bridgehead atoms. The molecule has 4 heteroatoms. The van der Waals surface area contributed by atoms with E-state index in [4.69, 9.17) is 0 Å². The number of esters is 2. The number of hydrogen-bond acceptors (Lipinski definition) is 4. The largest absolute Gasteiger partial charge is 0.469 e. The van der Waals surface area contributed by atoms with Crippen LogP contribution in [-0.2, 0) is 31.9 Å². The first-order chi connectivity index (χ1) is 11.7. The minimum atomic E-state index is -0.121. The molecule has 0 radical (unpaired) electrons. The van der Waals surface area contributed by atoms with E-state index in [0.717, 1.165) is 51.4 Å². The first-order valence-corrected chi connectivity index (χ1v) is 8.87. The van der Waals surface area contributed by atoms with Gasteiger partial charge in [0, 0.05) is 12.8 Å². The molecule has 0 aliphatic rings. The molecule has 0 atom stereocenters. The fourth-order valence-electron chi connectivity index (χ4n) is 2.70. The summed E-state index contributed by atoms with van der Waals surface area (Å²) in [6, 6.07) is 8.73. The maximum absolute atomic E-state index is 11.0. The molecule has 0 spiro atoms. The van der Waals surface area contributed by atoms with Gasteiger partial charge in [0.1, 0.15) is 0 Å². The van der Waals surface area contributed by atoms with Gasteiger partial charge in [-0.2, -0.15) is 0 Å². The van der Waals surface area contributed by atoms with Gasteiger partial charge in [0.25, 0.3) is 0 Å². The van der Waals surface area contributed by atoms with Crippen LogP contribution in [0.4, 0.5) is 0 Å². The van der Waals surface area contributed by atoms with Crippen molar-refractivity contribution in [3.63, 3.8) is 0 Å². The fraction of sp³-hybridized carbons (Fsp3) is 0.600. The van der Waals surface area contributed by atoms with Gasteiger partial charge in [-0.15, -0.1) is 0 Å². The van der Waals surface area contributed by atoms with Gasteiger partial charge in [-0.25, -0.2) is 0 Å². The molecule has 0 heterocycles. The summed E-state index contributed by atoms with van der Waals surface area (Å²) in [5.41, 5.74) is 2.72. The van der Waals surface area contributed by atoms with Crippen molar-refractivity contribution in [2.75, 3.05) is 14.2 Å². The van der Waals surface area contributed by atoms with Gasteiger partial charge in [0.2, 0.25) is 0 Å². The maximum Gasteiger partial charge on any atom is 0.305 e. The molecule has 1 aromatic carbocycles. The molecule has 1 rings (SSSR count). The average molecular weight is 334 g/mol. The average Bonchev–Trinajstić information content (AvgIpc) is 2.61. The highest BCUT2D eigenvalue weighted by molar-refractivity contribution is 5.69. The van der Waals surface area contributed by atoms with E-state index in [1.54, 1.807) is 0 Å². The summed E-state index contributed by atoms with van der Waals surface area (Å²) in [6.45, 7) is 0. The van der Waals surface area contributed by atoms with Crippen molar-refractivity contribution in [2.24, 2.45) is 0 Å². The molecule has 134 valence electrons. The van der Waals surface area contributed by atoms with Gasteiger partial charge in [0.05, 0.1) is 14.2 Å². The number of carbonyl (C=O) groups is 2. The van der Waals surface area contributed by atoms with Crippen LogP contribution < -0.4 is 0 Å². The van der Waals surface area contributed by atoms with E-state index in [-0.39, 0.29) is 11.9 Å². The lowest BCUT2D eigenvalue weighted by molar-refractivity contribution is -0.141. The van der Waals surface area contributed by atoms with E-state index in [1.165, 1.54) is 25.3 Å². The van der Waals surface area contributed by atoms with Crippen LogP contribution in [0.25, 0.3) is 0 Å². The standard InChI is InChI=1S/C20H30O4/c1-23-19(21)14-7-3-5-10-17-12-9-13-18(16-17)11-6-4-8-15-20(22)24-2/h9,12-13,16H,3-8,10-11,14-15H2,1-2H3. The van der Waals surface area contributed by atoms with Crippen molar-refractivity contribution in [1.29, 1.82) is 0 Å². The SMILES string of the molecule is COC(=O)CCCCCc1cccc(CCCCCC(=O)OC)c1. The second kappa shape index (κ2) is 12.6. The quantitative estimate of drug-likeness (QED) is 0.424. The Labute approximate surface area is 145 Å². The maximum atomic E-state index is 11.0. The van der Waals surface area contributed by atoms with Crippen molar-refractivity contribution in [1.82, 2.24) is 0 Å². The third-order valence-corrected chi connectivity index (χ3v) is 4.14. The minimum Gasteiger partial charge on any atom is -0.469 e. The second-order valence-electron chi connectivity index (χ2n) is 6.09. The number of unbranched alkanes of at least 4 members (excludes halogenated alkanes) is 4. The molecule has 0 amide bonds. The molecule has 0 unspecified atom stereocenters. The fourth-order valence-corrected chi connectivity index (χ4v) is 2.70. The number of rotatable bonds is 12. The highest BCUT2D eigenvalue weighted by Gasteiger charge is 2.02. The first-order valence-electron chi connectivity index (χ1n) is 8.87. The van der Waals surface area contributed by atoms with E-state index < -0.39 is 0 Å². The first kappa shape index (κ1) is 20.2. The van der Waals surface area contributed by atoms with Crippen LogP contribution in [0.15, 0.2) is 24.3 Å². The molecule has 1 aromatic rings. The van der Waals surface area contributed by atoms with Gasteiger partial charge in [-0.1, -0.05) is 37.1 Å². The Kier molecular flexibility index (Phi) is 10.6. The van der Waals surface area contributed by atoms with Crippen molar-refractivity contribution in [3.05, 3.63) is 35.4 Å². The lowest BCUT2D eigenvalue weighted by Crippen LogP contribution is -1.99. The normalized spacial score (nSPS) is 10.4. The van der Waals surface area contributed by atoms with E-state index in [0.29, 0.717) is 12.8 Å². The minimum absolute atomic E-state index is 0.121. The molecule has 0 N–H and O–H groups in total. The number of aryl methyl sites for hydroxylation is 2. The molecule has 0 fully saturated rings. The Morgan fingerprint density at radius 1 is 0.750 bits per heavy atom. The summed E-state index contributed by atoms with van der Waals surface area (Å²) < 4.78 is 9.28. The van der Waals surface area contributed by atoms with Gasteiger partial charge < -0.3 is 9.47 Å². The van der Waals surface area contributed by atoms with E-state index in [9.17, 15) is 9.59 Å². The van der Waals surface area contributed by atoms with Gasteiger partial charge in [-0.05, 0) is 49.7 Å². The molecule has 24 heavy (non-hydrogen) atoms. The van der Waals surface area contributed by atoms with Crippen LogP contribution >= 0.6 is 0 Å². The summed E-state index contributed by atoms with van der Waals surface area (Å²) in [5, 5.41) is 0. The van der Waals surface area contributed by atoms with E-state index in [2.05, 4.69) is 33.7 Å². The Morgan fingerprint density at radius 2 is 1.21 bits per heavy atom. The lowest BCUT2D eigenvalue weighted by atomic mass is 10.0. The molecule has 0 aliphatic heterocycles. The number of ether oxygens (including phenoxy) is 2. The van der Waals surface area contributed by atoms with Crippen molar-refractivity contribution in [3.8, 4) is 0 Å². The Morgan fingerprint density at radius 3 is 1.62 bits per heavy atom. The smallest absolute Gasteiger partial charge is 0.305 e. The third kappa shape index (κ3) is 9.33. The van der Waals surface area contributed by atoms with Crippen molar-refractivity contribution in [2.45, 2.75) is 64.2 Å². The molecule has 0 saturated carbocycles. The summed E-state index contributed by atoms with van der Waals surface area (Å²) >= 11 is 0. The molecule has 4 nitrogen and oxygen atoms in total. The van der Waals surface area contributed by atoms with Crippen molar-refractivity contribution < 1.29 is 19.1 Å². The summed E-state index contributed by atoms with van der Waals surface area (Å²) in [4.78, 5) is 22.1. The molecular formula is C20H30O4. The Hall–Kier alpha value is -1.84.